The summed E-state index contributed by atoms with van der Waals surface area (Å²) >= 11 is 1.50. The number of pyridine rings is 2. The van der Waals surface area contributed by atoms with Crippen molar-refractivity contribution < 1.29 is 13.2 Å². The van der Waals surface area contributed by atoms with Crippen molar-refractivity contribution in [3.8, 4) is 0 Å². The maximum Gasteiger partial charge on any atom is 0.418 e. The van der Waals surface area contributed by atoms with E-state index in [-0.39, 0.29) is 29.4 Å². The topological polar surface area (TPSA) is 73.6 Å². The third-order valence-electron chi connectivity index (χ3n) is 6.84. The average molecular weight is 500 g/mol. The Balaban J connectivity index is 1.54. The van der Waals surface area contributed by atoms with Gasteiger partial charge in [-0.25, -0.2) is 9.36 Å². The summed E-state index contributed by atoms with van der Waals surface area (Å²) in [6.45, 7) is 3.49. The first-order valence-electron chi connectivity index (χ1n) is 11.5. The molecule has 0 saturated heterocycles. The molecule has 0 unspecified atom stereocenters. The number of nitrogens with zero attached hydrogens (tertiary/aromatic N) is 5. The van der Waals surface area contributed by atoms with Crippen molar-refractivity contribution in [2.45, 2.75) is 64.1 Å². The summed E-state index contributed by atoms with van der Waals surface area (Å²) in [6.07, 6.45) is 3.77. The van der Waals surface area contributed by atoms with Gasteiger partial charge < -0.3 is 0 Å². The molecule has 0 N–H and O–H groups in total. The highest BCUT2D eigenvalue weighted by Gasteiger charge is 2.34. The number of hydrogen-bond acceptors (Lipinski definition) is 6. The molecular formula is C25H24F3N5OS. The molecule has 0 atom stereocenters. The fourth-order valence-corrected chi connectivity index (χ4v) is 5.71. The Morgan fingerprint density at radius 1 is 1.06 bits per heavy atom. The molecule has 4 aromatic rings. The lowest BCUT2D eigenvalue weighted by Gasteiger charge is -2.29. The monoisotopic (exact) mass is 499 g/mol. The highest BCUT2D eigenvalue weighted by atomic mass is 32.1. The van der Waals surface area contributed by atoms with Gasteiger partial charge in [-0.15, -0.1) is 0 Å². The molecule has 5 rings (SSSR count). The summed E-state index contributed by atoms with van der Waals surface area (Å²) in [6, 6.07) is 4.00. The summed E-state index contributed by atoms with van der Waals surface area (Å²) in [4.78, 5) is 27.8. The molecule has 0 aliphatic heterocycles. The van der Waals surface area contributed by atoms with Crippen molar-refractivity contribution in [1.29, 1.82) is 0 Å². The Hall–Kier alpha value is -3.14. The summed E-state index contributed by atoms with van der Waals surface area (Å²) in [7, 11) is 0. The Kier molecular flexibility index (Phi) is 6.16. The van der Waals surface area contributed by atoms with E-state index in [1.165, 1.54) is 38.8 Å². The highest BCUT2D eigenvalue weighted by Crippen LogP contribution is 2.41. The van der Waals surface area contributed by atoms with Crippen LogP contribution in [0, 0.1) is 13.8 Å². The van der Waals surface area contributed by atoms with E-state index >= 15 is 0 Å². The van der Waals surface area contributed by atoms with Crippen LogP contribution in [0.1, 0.15) is 70.5 Å². The van der Waals surface area contributed by atoms with E-state index in [4.69, 9.17) is 0 Å². The van der Waals surface area contributed by atoms with Crippen molar-refractivity contribution in [2.24, 2.45) is 0 Å². The molecule has 0 radical (unpaired) electrons. The lowest BCUT2D eigenvalue weighted by atomic mass is 9.76. The van der Waals surface area contributed by atoms with E-state index in [0.29, 0.717) is 22.7 Å². The first-order valence-corrected chi connectivity index (χ1v) is 12.3. The zero-order valence-corrected chi connectivity index (χ0v) is 20.2. The van der Waals surface area contributed by atoms with Gasteiger partial charge in [-0.1, -0.05) is 0 Å². The van der Waals surface area contributed by atoms with Crippen LogP contribution in [0.15, 0.2) is 41.6 Å². The van der Waals surface area contributed by atoms with Crippen LogP contribution < -0.4 is 5.56 Å². The maximum absolute atomic E-state index is 13.7. The van der Waals surface area contributed by atoms with Gasteiger partial charge in [0.2, 0.25) is 0 Å². The van der Waals surface area contributed by atoms with Gasteiger partial charge in [0, 0.05) is 29.0 Å². The van der Waals surface area contributed by atoms with Crippen LogP contribution in [-0.4, -0.2) is 23.9 Å². The molecule has 4 heterocycles. The van der Waals surface area contributed by atoms with Gasteiger partial charge in [0.1, 0.15) is 5.52 Å². The molecule has 4 aromatic heterocycles. The van der Waals surface area contributed by atoms with Crippen LogP contribution in [0.4, 0.5) is 13.2 Å². The molecule has 35 heavy (non-hydrogen) atoms. The molecule has 1 fully saturated rings. The lowest BCUT2D eigenvalue weighted by Crippen LogP contribution is -2.29. The molecular weight excluding hydrogens is 475 g/mol. The Morgan fingerprint density at radius 2 is 1.77 bits per heavy atom. The van der Waals surface area contributed by atoms with E-state index < -0.39 is 11.7 Å². The molecule has 182 valence electrons. The predicted octanol–water partition coefficient (Wildman–Crippen LogP) is 5.77. The summed E-state index contributed by atoms with van der Waals surface area (Å²) in [5.41, 5.74) is 1.81. The minimum absolute atomic E-state index is 0.00947. The molecule has 1 aliphatic rings. The van der Waals surface area contributed by atoms with Crippen molar-refractivity contribution in [1.82, 2.24) is 23.9 Å². The van der Waals surface area contributed by atoms with E-state index in [1.807, 2.05) is 6.20 Å². The van der Waals surface area contributed by atoms with Crippen molar-refractivity contribution in [3.63, 3.8) is 0 Å². The van der Waals surface area contributed by atoms with Crippen LogP contribution in [0.3, 0.4) is 0 Å². The minimum atomic E-state index is -4.57. The van der Waals surface area contributed by atoms with E-state index in [0.717, 1.165) is 31.7 Å². The molecule has 0 aromatic carbocycles. The molecule has 0 bridgehead atoms. The number of halogens is 3. The van der Waals surface area contributed by atoms with Gasteiger partial charge in [0.05, 0.1) is 23.5 Å². The van der Waals surface area contributed by atoms with Crippen LogP contribution in [0.5, 0.6) is 0 Å². The maximum atomic E-state index is 13.7. The molecule has 0 spiro atoms. The number of fused-ring (bicyclic) bond motifs is 1. The molecule has 1 saturated carbocycles. The van der Waals surface area contributed by atoms with E-state index in [1.54, 1.807) is 19.2 Å². The number of hydrogen-bond donors (Lipinski definition) is 0. The third kappa shape index (κ3) is 4.59. The zero-order valence-electron chi connectivity index (χ0n) is 19.3. The summed E-state index contributed by atoms with van der Waals surface area (Å²) in [5, 5.41) is 0. The first-order chi connectivity index (χ1) is 16.7. The van der Waals surface area contributed by atoms with Crippen LogP contribution >= 0.6 is 11.5 Å². The van der Waals surface area contributed by atoms with Crippen LogP contribution in [0.25, 0.3) is 11.2 Å². The zero-order chi connectivity index (χ0) is 24.7. The van der Waals surface area contributed by atoms with Gasteiger partial charge in [-0.2, -0.15) is 13.2 Å². The van der Waals surface area contributed by atoms with Gasteiger partial charge in [-0.3, -0.25) is 19.3 Å². The van der Waals surface area contributed by atoms with Crippen LogP contribution in [-0.2, 0) is 12.7 Å². The smallest absolute Gasteiger partial charge is 0.285 e. The summed E-state index contributed by atoms with van der Waals surface area (Å²) < 4.78 is 46.5. The quantitative estimate of drug-likeness (QED) is 0.357. The van der Waals surface area contributed by atoms with Gasteiger partial charge in [-0.05, 0) is 86.7 Å². The fraction of sp³-hybridized carbons (Fsp3) is 0.400. The highest BCUT2D eigenvalue weighted by molar-refractivity contribution is 7.05. The number of rotatable bonds is 4. The normalized spacial score (nSPS) is 18.8. The van der Waals surface area contributed by atoms with E-state index in [9.17, 15) is 18.0 Å². The van der Waals surface area contributed by atoms with Crippen molar-refractivity contribution in [3.05, 3.63) is 80.1 Å². The average Bonchev–Trinajstić information content (AvgIpc) is 3.26. The van der Waals surface area contributed by atoms with E-state index in [2.05, 4.69) is 26.2 Å². The predicted molar refractivity (Wildman–Crippen MR) is 128 cm³/mol. The largest absolute Gasteiger partial charge is 0.418 e. The Labute approximate surface area is 204 Å². The molecule has 1 aliphatic carbocycles. The Bertz CT molecular complexity index is 1440. The second-order valence-electron chi connectivity index (χ2n) is 9.09. The van der Waals surface area contributed by atoms with Gasteiger partial charge in [0.25, 0.3) is 5.56 Å². The number of aryl methyl sites for hydroxylation is 2. The van der Waals surface area contributed by atoms with Crippen molar-refractivity contribution in [2.75, 3.05) is 0 Å². The van der Waals surface area contributed by atoms with Crippen molar-refractivity contribution >= 4 is 22.7 Å². The second kappa shape index (κ2) is 9.14. The minimum Gasteiger partial charge on any atom is -0.285 e. The summed E-state index contributed by atoms with van der Waals surface area (Å²) in [5.74, 6) is 0.424. The molecule has 0 amide bonds. The number of alkyl halides is 3. The first kappa shape index (κ1) is 23.6. The second-order valence-corrected chi connectivity index (χ2v) is 10.1. The Morgan fingerprint density at radius 3 is 2.43 bits per heavy atom. The number of aromatic nitrogens is 5. The standard InChI is InChI=1S/C25H24F3N5OS/c1-14-11-30-21-10-18(16-5-7-17(8-6-16)19-12-31-35-15(19)2)24(34)33(23(21)32-14)13-22-20(25(26,27)28)4-3-9-29-22/h3-4,9-12,16-17H,5-8,13H2,1-2H3. The fourth-order valence-electron chi connectivity index (χ4n) is 5.06. The lowest BCUT2D eigenvalue weighted by molar-refractivity contribution is -0.138. The third-order valence-corrected chi connectivity index (χ3v) is 7.56. The van der Waals surface area contributed by atoms with Gasteiger partial charge in [0.15, 0.2) is 5.65 Å². The molecule has 10 heteroatoms. The van der Waals surface area contributed by atoms with Crippen LogP contribution in [0.2, 0.25) is 0 Å². The molecule has 6 nitrogen and oxygen atoms in total. The van der Waals surface area contributed by atoms with Gasteiger partial charge >= 0.3 is 6.18 Å². The SMILES string of the molecule is Cc1cnc2cc(C3CCC(c4cnsc4C)CC3)c(=O)n(Cc3ncccc3C(F)(F)F)c2n1.